The van der Waals surface area contributed by atoms with Gasteiger partial charge in [0.05, 0.1) is 14.3 Å². The van der Waals surface area contributed by atoms with Crippen molar-refractivity contribution in [3.05, 3.63) is 110 Å². The molecule has 0 spiro atoms. The van der Waals surface area contributed by atoms with Crippen LogP contribution in [-0.4, -0.2) is 83.7 Å². The topological polar surface area (TPSA) is 319 Å². The third-order valence-electron chi connectivity index (χ3n) is 8.19. The minimum absolute atomic E-state index is 0.0208. The van der Waals surface area contributed by atoms with E-state index < -0.39 is 48.0 Å². The van der Waals surface area contributed by atoms with Crippen LogP contribution in [0.4, 0.5) is 0 Å². The summed E-state index contributed by atoms with van der Waals surface area (Å²) in [5.41, 5.74) is 25.2. The molecule has 4 atom stereocenters. The van der Waals surface area contributed by atoms with E-state index >= 15 is 0 Å². The van der Waals surface area contributed by atoms with Gasteiger partial charge < -0.3 is 63.3 Å². The molecule has 0 aliphatic carbocycles. The number of carboxylic acid groups (broad SMARTS) is 4. The average molecular weight is 1280 g/mol. The first kappa shape index (κ1) is 52.6. The van der Waals surface area contributed by atoms with Crippen LogP contribution in [0.2, 0.25) is 0 Å². The summed E-state index contributed by atoms with van der Waals surface area (Å²) in [6.07, 6.45) is 2.69. The number of nitrogens with one attached hydrogen (secondary N) is 1. The first-order chi connectivity index (χ1) is 28.0. The number of rotatable bonds is 13. The lowest BCUT2D eigenvalue weighted by Crippen LogP contribution is -2.34. The number of carbonyl (C=O) groups is 4. The number of phenolic OH excluding ortho intramolecular Hbond substituents is 2. The maximum Gasteiger partial charge on any atom is 0.320 e. The average Bonchev–Trinajstić information content (AvgIpc) is 3.58. The van der Waals surface area contributed by atoms with Crippen molar-refractivity contribution in [1.29, 1.82) is 0 Å². The van der Waals surface area contributed by atoms with Gasteiger partial charge in [0.2, 0.25) is 0 Å². The number of phenols is 2. The quantitative estimate of drug-likeness (QED) is 0.0595. The number of aromatic nitrogens is 1. The number of hydrogen-bond acceptors (Lipinski definition) is 11. The molecule has 324 valence electrons. The van der Waals surface area contributed by atoms with Gasteiger partial charge in [0, 0.05) is 23.5 Å². The zero-order valence-electron chi connectivity index (χ0n) is 32.1. The van der Waals surface area contributed by atoms with Gasteiger partial charge in [-0.3, -0.25) is 19.2 Å². The van der Waals surface area contributed by atoms with E-state index in [-0.39, 0.29) is 30.3 Å². The molecule has 0 amide bonds. The Morgan fingerprint density at radius 2 is 1.10 bits per heavy atom. The van der Waals surface area contributed by atoms with Crippen molar-refractivity contribution in [2.75, 3.05) is 0 Å². The molecular formula is C40H45I4N5O11. The highest BCUT2D eigenvalue weighted by Gasteiger charge is 2.18. The zero-order valence-corrected chi connectivity index (χ0v) is 40.7. The number of para-hydroxylation sites is 1. The van der Waals surface area contributed by atoms with Gasteiger partial charge in [-0.2, -0.15) is 0 Å². The molecule has 20 heteroatoms. The number of benzene rings is 4. The fourth-order valence-corrected chi connectivity index (χ4v) is 8.60. The summed E-state index contributed by atoms with van der Waals surface area (Å²) in [6, 6.07) is 18.0. The number of aliphatic carboxylic acids is 4. The number of carboxylic acids is 4. The minimum Gasteiger partial charge on any atom is -0.508 e. The summed E-state index contributed by atoms with van der Waals surface area (Å²) in [5.74, 6) is -2.19. The van der Waals surface area contributed by atoms with E-state index in [1.54, 1.807) is 38.1 Å². The van der Waals surface area contributed by atoms with Gasteiger partial charge in [-0.05, 0) is 168 Å². The molecule has 0 saturated heterocycles. The Balaban J connectivity index is 0.000000297. The number of aromatic amines is 1. The second kappa shape index (κ2) is 25.4. The van der Waals surface area contributed by atoms with E-state index in [1.165, 1.54) is 12.1 Å². The van der Waals surface area contributed by atoms with E-state index in [2.05, 4.69) is 95.3 Å². The minimum atomic E-state index is -1.02. The molecule has 0 bridgehead atoms. The predicted octanol–water partition coefficient (Wildman–Crippen LogP) is 6.08. The molecular weight excluding hydrogens is 1230 g/mol. The Bertz CT molecular complexity index is 2190. The lowest BCUT2D eigenvalue weighted by Gasteiger charge is -2.14. The van der Waals surface area contributed by atoms with Crippen molar-refractivity contribution in [1.82, 2.24) is 4.98 Å². The van der Waals surface area contributed by atoms with Crippen LogP contribution >= 0.6 is 90.4 Å². The van der Waals surface area contributed by atoms with E-state index in [9.17, 15) is 24.3 Å². The van der Waals surface area contributed by atoms with Gasteiger partial charge in [-0.25, -0.2) is 0 Å². The van der Waals surface area contributed by atoms with Crippen LogP contribution in [0.1, 0.15) is 30.5 Å². The number of hydrogen-bond donors (Lipinski definition) is 11. The third kappa shape index (κ3) is 17.4. The van der Waals surface area contributed by atoms with Gasteiger partial charge in [-0.15, -0.1) is 0 Å². The normalized spacial score (nSPS) is 12.6. The Morgan fingerprint density at radius 1 is 0.633 bits per heavy atom. The molecule has 15 N–H and O–H groups in total. The molecule has 1 aromatic heterocycles. The van der Waals surface area contributed by atoms with Crippen LogP contribution in [0.5, 0.6) is 23.0 Å². The van der Waals surface area contributed by atoms with Gasteiger partial charge in [0.15, 0.2) is 5.75 Å². The van der Waals surface area contributed by atoms with E-state index in [4.69, 9.17) is 53.2 Å². The van der Waals surface area contributed by atoms with Gasteiger partial charge in [0.1, 0.15) is 41.4 Å². The van der Waals surface area contributed by atoms with Gasteiger partial charge >= 0.3 is 23.9 Å². The molecule has 0 radical (unpaired) electrons. The second-order valence-corrected chi connectivity index (χ2v) is 18.0. The van der Waals surface area contributed by atoms with Gasteiger partial charge in [-0.1, -0.05) is 44.2 Å². The van der Waals surface area contributed by atoms with Crippen molar-refractivity contribution >= 4 is 125 Å². The first-order valence-electron chi connectivity index (χ1n) is 17.6. The molecule has 5 aromatic rings. The fourth-order valence-electron chi connectivity index (χ4n) is 4.77. The standard InChI is InChI=1S/C15H11I4NO4.C11H12N2O2.C9H11NO3.C5H11NO2/c16-8-4-7(5-9(17)13(8)21)24-14-10(18)1-6(2-11(14)19)3-12(20)15(22)23;12-9(11(14)15)5-7-6-13-10-4-2-1-3-8(7)10;10-8(9(12)13)5-6-1-3-7(11)4-2-6;1-3(2)4(6)5(7)8/h1-2,4-5,12,21H,3,20H2,(H,22,23);1-4,6,9,13H,5,12H2,(H,14,15);1-4,8,11H,5,10H2,(H,12,13);3-4H,6H2,1-2H3,(H,7,8)/t12-;9-;8-;4-/m0000/s1. The predicted molar refractivity (Wildman–Crippen MR) is 260 cm³/mol. The van der Waals surface area contributed by atoms with Crippen LogP contribution in [0.25, 0.3) is 10.9 Å². The fraction of sp³-hybridized carbons (Fsp3) is 0.250. The Kier molecular flexibility index (Phi) is 22.3. The highest BCUT2D eigenvalue weighted by molar-refractivity contribution is 14.1. The Labute approximate surface area is 400 Å². The first-order valence-corrected chi connectivity index (χ1v) is 21.9. The smallest absolute Gasteiger partial charge is 0.320 e. The van der Waals surface area contributed by atoms with Crippen LogP contribution in [0, 0.1) is 20.2 Å². The maximum absolute atomic E-state index is 10.9. The number of H-pyrrole nitrogens is 1. The molecule has 1 heterocycles. The van der Waals surface area contributed by atoms with Crippen LogP contribution < -0.4 is 27.7 Å². The molecule has 5 rings (SSSR count). The summed E-state index contributed by atoms with van der Waals surface area (Å²) in [4.78, 5) is 45.0. The maximum atomic E-state index is 10.9. The van der Waals surface area contributed by atoms with Crippen molar-refractivity contribution in [2.24, 2.45) is 28.9 Å². The molecule has 0 unspecified atom stereocenters. The molecule has 16 nitrogen and oxygen atoms in total. The monoisotopic (exact) mass is 1280 g/mol. The summed E-state index contributed by atoms with van der Waals surface area (Å²) in [6.45, 7) is 3.55. The van der Waals surface area contributed by atoms with Crippen LogP contribution in [0.15, 0.2) is 79.0 Å². The number of halogens is 4. The van der Waals surface area contributed by atoms with Gasteiger partial charge in [0.25, 0.3) is 0 Å². The largest absolute Gasteiger partial charge is 0.508 e. The second-order valence-electron chi connectivity index (χ2n) is 13.3. The molecule has 0 aliphatic rings. The molecule has 0 saturated carbocycles. The van der Waals surface area contributed by atoms with Crippen molar-refractivity contribution in [2.45, 2.75) is 57.3 Å². The Hall–Kier alpha value is -3.54. The van der Waals surface area contributed by atoms with Crippen molar-refractivity contribution in [3.63, 3.8) is 0 Å². The SMILES string of the molecule is CC(C)[C@H](N)C(=O)O.N[C@@H](Cc1c[nH]c2ccccc12)C(=O)O.N[C@@H](Cc1cc(I)c(Oc2cc(I)c(O)c(I)c2)c(I)c1)C(=O)O.N[C@@H](Cc1ccc(O)cc1)C(=O)O. The summed E-state index contributed by atoms with van der Waals surface area (Å²) < 4.78 is 9.14. The highest BCUT2D eigenvalue weighted by Crippen LogP contribution is 2.37. The molecule has 0 fully saturated rings. The highest BCUT2D eigenvalue weighted by atomic mass is 127. The molecule has 60 heavy (non-hydrogen) atoms. The summed E-state index contributed by atoms with van der Waals surface area (Å²) in [5, 5.41) is 54.2. The van der Waals surface area contributed by atoms with Crippen LogP contribution in [0.3, 0.4) is 0 Å². The number of ether oxygens (including phenoxy) is 1. The molecule has 0 aliphatic heterocycles. The number of nitrogens with two attached hydrogens (primary N) is 4. The van der Waals surface area contributed by atoms with Crippen molar-refractivity contribution in [3.8, 4) is 23.0 Å². The van der Waals surface area contributed by atoms with Crippen LogP contribution in [-0.2, 0) is 38.4 Å². The summed E-state index contributed by atoms with van der Waals surface area (Å²) in [7, 11) is 0. The van der Waals surface area contributed by atoms with E-state index in [1.807, 2.05) is 42.6 Å². The van der Waals surface area contributed by atoms with E-state index in [0.29, 0.717) is 25.1 Å². The lowest BCUT2D eigenvalue weighted by molar-refractivity contribution is -0.140. The summed E-state index contributed by atoms with van der Waals surface area (Å²) >= 11 is 8.42. The molecule has 4 aromatic carbocycles. The number of fused-ring (bicyclic) bond motifs is 1. The number of aromatic hydroxyl groups is 2. The zero-order chi connectivity index (χ0) is 45.4. The van der Waals surface area contributed by atoms with Crippen molar-refractivity contribution < 1.29 is 54.6 Å². The Morgan fingerprint density at radius 3 is 1.55 bits per heavy atom. The van der Waals surface area contributed by atoms with E-state index in [0.717, 1.165) is 34.7 Å². The lowest BCUT2D eigenvalue weighted by atomic mass is 10.1. The third-order valence-corrected chi connectivity index (χ3v) is 11.4.